The molecule has 0 amide bonds. The Labute approximate surface area is 92.1 Å². The van der Waals surface area contributed by atoms with Crippen LogP contribution in [-0.2, 0) is 9.47 Å². The normalized spacial score (nSPS) is 41.5. The van der Waals surface area contributed by atoms with Gasteiger partial charge in [0.15, 0.2) is 6.29 Å². The average molecular weight is 214 g/mol. The number of ether oxygens (including phenoxy) is 2. The number of hydrogen-bond acceptors (Lipinski definition) is 3. The first-order valence-corrected chi connectivity index (χ1v) is 5.60. The Bertz CT molecular complexity index is 203. The van der Waals surface area contributed by atoms with Crippen LogP contribution in [0.4, 0.5) is 0 Å². The van der Waals surface area contributed by atoms with Crippen LogP contribution in [-0.4, -0.2) is 30.7 Å². The van der Waals surface area contributed by atoms with Gasteiger partial charge in [-0.05, 0) is 11.8 Å². The van der Waals surface area contributed by atoms with Crippen molar-refractivity contribution in [2.45, 2.75) is 33.2 Å². The van der Waals surface area contributed by atoms with Crippen molar-refractivity contribution in [3.05, 3.63) is 12.7 Å². The first-order valence-electron chi connectivity index (χ1n) is 5.60. The Balaban J connectivity index is 2.60. The van der Waals surface area contributed by atoms with Gasteiger partial charge in [0.25, 0.3) is 0 Å². The van der Waals surface area contributed by atoms with E-state index < -0.39 is 0 Å². The maximum absolute atomic E-state index is 9.21. The van der Waals surface area contributed by atoms with Gasteiger partial charge in [0.1, 0.15) is 0 Å². The van der Waals surface area contributed by atoms with Crippen molar-refractivity contribution in [3.8, 4) is 0 Å². The van der Waals surface area contributed by atoms with Crippen molar-refractivity contribution >= 4 is 0 Å². The minimum absolute atomic E-state index is 0.0617. The second kappa shape index (κ2) is 5.64. The van der Waals surface area contributed by atoms with E-state index in [1.54, 1.807) is 6.08 Å². The van der Waals surface area contributed by atoms with E-state index in [1.165, 1.54) is 0 Å². The average Bonchev–Trinajstić information content (AvgIpc) is 2.25. The van der Waals surface area contributed by atoms with E-state index in [2.05, 4.69) is 27.4 Å². The van der Waals surface area contributed by atoms with Gasteiger partial charge >= 0.3 is 0 Å². The fraction of sp³-hybridized carbons (Fsp3) is 0.833. The Morgan fingerprint density at radius 3 is 2.47 bits per heavy atom. The molecular weight excluding hydrogens is 192 g/mol. The van der Waals surface area contributed by atoms with Crippen LogP contribution in [0, 0.1) is 17.8 Å². The first-order chi connectivity index (χ1) is 7.11. The van der Waals surface area contributed by atoms with Crippen LogP contribution in [0.2, 0.25) is 0 Å². The van der Waals surface area contributed by atoms with Crippen molar-refractivity contribution in [1.29, 1.82) is 0 Å². The molecule has 0 aromatic carbocycles. The third kappa shape index (κ3) is 2.80. The van der Waals surface area contributed by atoms with Gasteiger partial charge < -0.3 is 14.6 Å². The summed E-state index contributed by atoms with van der Waals surface area (Å²) in [6.07, 6.45) is 1.39. The van der Waals surface area contributed by atoms with E-state index in [1.807, 2.05) is 0 Å². The molecule has 3 heteroatoms. The fourth-order valence-corrected chi connectivity index (χ4v) is 2.05. The van der Waals surface area contributed by atoms with Gasteiger partial charge in [-0.2, -0.15) is 0 Å². The van der Waals surface area contributed by atoms with Gasteiger partial charge in [0.2, 0.25) is 0 Å². The van der Waals surface area contributed by atoms with Gasteiger partial charge in [-0.15, -0.1) is 6.58 Å². The molecule has 0 aromatic heterocycles. The molecule has 15 heavy (non-hydrogen) atoms. The lowest BCUT2D eigenvalue weighted by molar-refractivity contribution is -0.250. The molecule has 5 atom stereocenters. The van der Waals surface area contributed by atoms with Gasteiger partial charge in [-0.3, -0.25) is 0 Å². The van der Waals surface area contributed by atoms with Crippen LogP contribution in [0.15, 0.2) is 12.7 Å². The first kappa shape index (κ1) is 12.7. The van der Waals surface area contributed by atoms with Crippen molar-refractivity contribution < 1.29 is 14.6 Å². The zero-order valence-corrected chi connectivity index (χ0v) is 9.85. The molecule has 0 bridgehead atoms. The quantitative estimate of drug-likeness (QED) is 0.725. The summed E-state index contributed by atoms with van der Waals surface area (Å²) >= 11 is 0. The molecule has 1 N–H and O–H groups in total. The lowest BCUT2D eigenvalue weighted by Gasteiger charge is -2.42. The molecule has 1 aliphatic heterocycles. The van der Waals surface area contributed by atoms with Crippen LogP contribution in [0.5, 0.6) is 0 Å². The van der Waals surface area contributed by atoms with Gasteiger partial charge in [0, 0.05) is 5.92 Å². The molecular formula is C12H22O3. The Morgan fingerprint density at radius 1 is 1.27 bits per heavy atom. The van der Waals surface area contributed by atoms with Crippen molar-refractivity contribution in [1.82, 2.24) is 0 Å². The highest BCUT2D eigenvalue weighted by Gasteiger charge is 2.38. The monoisotopic (exact) mass is 214 g/mol. The molecule has 1 rings (SSSR count). The van der Waals surface area contributed by atoms with Crippen LogP contribution in [0.25, 0.3) is 0 Å². The lowest BCUT2D eigenvalue weighted by Crippen LogP contribution is -2.47. The van der Waals surface area contributed by atoms with Crippen LogP contribution in [0.3, 0.4) is 0 Å². The highest BCUT2D eigenvalue weighted by molar-refractivity contribution is 4.82. The SMILES string of the molecule is C=CCO[C@@H]1OC(CO)[C@@H](C)[C@H](C)C1C. The highest BCUT2D eigenvalue weighted by Crippen LogP contribution is 2.35. The Morgan fingerprint density at radius 2 is 1.93 bits per heavy atom. The topological polar surface area (TPSA) is 38.7 Å². The van der Waals surface area contributed by atoms with E-state index in [0.29, 0.717) is 24.4 Å². The summed E-state index contributed by atoms with van der Waals surface area (Å²) in [7, 11) is 0. The molecule has 0 spiro atoms. The van der Waals surface area contributed by atoms with Crippen LogP contribution in [0.1, 0.15) is 20.8 Å². The molecule has 3 nitrogen and oxygen atoms in total. The molecule has 0 aliphatic carbocycles. The van der Waals surface area contributed by atoms with Crippen LogP contribution < -0.4 is 0 Å². The molecule has 1 heterocycles. The third-order valence-electron chi connectivity index (χ3n) is 3.54. The van der Waals surface area contributed by atoms with E-state index >= 15 is 0 Å². The smallest absolute Gasteiger partial charge is 0.161 e. The molecule has 1 aliphatic rings. The van der Waals surface area contributed by atoms with Gasteiger partial charge in [0.05, 0.1) is 19.3 Å². The second-order valence-electron chi connectivity index (χ2n) is 4.42. The largest absolute Gasteiger partial charge is 0.394 e. The Hall–Kier alpha value is -0.380. The van der Waals surface area contributed by atoms with Gasteiger partial charge in [-0.25, -0.2) is 0 Å². The molecule has 0 saturated carbocycles. The highest BCUT2D eigenvalue weighted by atomic mass is 16.7. The fourth-order valence-electron chi connectivity index (χ4n) is 2.05. The summed E-state index contributed by atoms with van der Waals surface area (Å²) in [5.74, 6) is 1.21. The predicted octanol–water partition coefficient (Wildman–Crippen LogP) is 1.81. The summed E-state index contributed by atoms with van der Waals surface area (Å²) in [6, 6.07) is 0. The van der Waals surface area contributed by atoms with Crippen LogP contribution >= 0.6 is 0 Å². The summed E-state index contributed by atoms with van der Waals surface area (Å²) in [4.78, 5) is 0. The number of hydrogen-bond donors (Lipinski definition) is 1. The molecule has 1 saturated heterocycles. The number of aliphatic hydroxyl groups excluding tert-OH is 1. The maximum Gasteiger partial charge on any atom is 0.161 e. The van der Waals surface area contributed by atoms with E-state index in [0.717, 1.165) is 0 Å². The lowest BCUT2D eigenvalue weighted by atomic mass is 9.79. The zero-order chi connectivity index (χ0) is 11.4. The van der Waals surface area contributed by atoms with Crippen molar-refractivity contribution in [2.24, 2.45) is 17.8 Å². The van der Waals surface area contributed by atoms with E-state index in [4.69, 9.17) is 9.47 Å². The molecule has 2 unspecified atom stereocenters. The molecule has 0 aromatic rings. The zero-order valence-electron chi connectivity index (χ0n) is 9.85. The molecule has 1 fully saturated rings. The summed E-state index contributed by atoms with van der Waals surface area (Å²) < 4.78 is 11.3. The number of aliphatic hydroxyl groups is 1. The minimum Gasteiger partial charge on any atom is -0.394 e. The summed E-state index contributed by atoms with van der Waals surface area (Å²) in [6.45, 7) is 10.6. The standard InChI is InChI=1S/C12H22O3/c1-5-6-14-12-10(4)8(2)9(3)11(7-13)15-12/h5,8-13H,1,6-7H2,2-4H3/t8-,9-,10?,11?,12+/m0/s1. The van der Waals surface area contributed by atoms with Crippen molar-refractivity contribution in [2.75, 3.05) is 13.2 Å². The summed E-state index contributed by atoms with van der Waals surface area (Å²) in [5, 5.41) is 9.21. The van der Waals surface area contributed by atoms with E-state index in [9.17, 15) is 5.11 Å². The second-order valence-corrected chi connectivity index (χ2v) is 4.42. The molecule has 88 valence electrons. The molecule has 0 radical (unpaired) electrons. The number of rotatable bonds is 4. The van der Waals surface area contributed by atoms with E-state index in [-0.39, 0.29) is 19.0 Å². The summed E-state index contributed by atoms with van der Waals surface area (Å²) in [5.41, 5.74) is 0. The minimum atomic E-state index is -0.216. The third-order valence-corrected chi connectivity index (χ3v) is 3.54. The maximum atomic E-state index is 9.21. The predicted molar refractivity (Wildman–Crippen MR) is 59.4 cm³/mol. The Kier molecular flexibility index (Phi) is 4.77. The van der Waals surface area contributed by atoms with Crippen molar-refractivity contribution in [3.63, 3.8) is 0 Å². The van der Waals surface area contributed by atoms with Gasteiger partial charge in [-0.1, -0.05) is 26.8 Å².